The van der Waals surface area contributed by atoms with Crippen molar-refractivity contribution < 1.29 is 13.9 Å². The van der Waals surface area contributed by atoms with Crippen LogP contribution in [-0.4, -0.2) is 52.8 Å². The minimum Gasteiger partial charge on any atom is -0.393 e. The second-order valence-corrected chi connectivity index (χ2v) is 7.33. The van der Waals surface area contributed by atoms with Crippen molar-refractivity contribution in [1.29, 1.82) is 0 Å². The quantitative estimate of drug-likeness (QED) is 0.536. The first-order valence-corrected chi connectivity index (χ1v) is 9.38. The Morgan fingerprint density at radius 1 is 1.24 bits per heavy atom. The van der Waals surface area contributed by atoms with Crippen LogP contribution in [0.1, 0.15) is 18.7 Å². The predicted octanol–water partition coefficient (Wildman–Crippen LogP) is 2.65. The summed E-state index contributed by atoms with van der Waals surface area (Å²) in [6, 6.07) is 3.90. The zero-order valence-electron chi connectivity index (χ0n) is 15.6. The second kappa shape index (κ2) is 6.73. The summed E-state index contributed by atoms with van der Waals surface area (Å²) in [5.41, 5.74) is 3.43. The van der Waals surface area contributed by atoms with Gasteiger partial charge in [-0.25, -0.2) is 28.2 Å². The van der Waals surface area contributed by atoms with E-state index in [-0.39, 0.29) is 12.1 Å². The molecular weight excluding hydrogens is 380 g/mol. The number of pyridine rings is 1. The molecule has 0 saturated heterocycles. The van der Waals surface area contributed by atoms with Crippen molar-refractivity contribution in [1.82, 2.24) is 29.1 Å². The van der Waals surface area contributed by atoms with E-state index in [0.29, 0.717) is 35.8 Å². The SMILES string of the molecule is Cc1nc2ncc(-c3ccn4nc(NC5CC(O)C5)ncc34)cc2n1CC(F)F. The number of aryl methyl sites for hydroxylation is 1. The maximum absolute atomic E-state index is 13.0. The van der Waals surface area contributed by atoms with Crippen molar-refractivity contribution in [3.8, 4) is 11.1 Å². The number of aliphatic hydroxyl groups is 1. The van der Waals surface area contributed by atoms with Crippen LogP contribution < -0.4 is 5.32 Å². The van der Waals surface area contributed by atoms with Gasteiger partial charge in [-0.3, -0.25) is 0 Å². The van der Waals surface area contributed by atoms with Gasteiger partial charge in [0.2, 0.25) is 5.95 Å². The van der Waals surface area contributed by atoms with Gasteiger partial charge in [0, 0.05) is 29.6 Å². The molecule has 150 valence electrons. The third-order valence-corrected chi connectivity index (χ3v) is 5.29. The Labute approximate surface area is 164 Å². The summed E-state index contributed by atoms with van der Waals surface area (Å²) in [7, 11) is 0. The van der Waals surface area contributed by atoms with Crippen LogP contribution in [0.2, 0.25) is 0 Å². The number of anilines is 1. The predicted molar refractivity (Wildman–Crippen MR) is 103 cm³/mol. The van der Waals surface area contributed by atoms with Crippen LogP contribution in [0.4, 0.5) is 14.7 Å². The molecule has 1 saturated carbocycles. The number of nitrogens with zero attached hydrogens (tertiary/aromatic N) is 6. The van der Waals surface area contributed by atoms with Crippen LogP contribution in [0.15, 0.2) is 30.7 Å². The lowest BCUT2D eigenvalue weighted by Crippen LogP contribution is -2.39. The van der Waals surface area contributed by atoms with Gasteiger partial charge in [-0.2, -0.15) is 0 Å². The van der Waals surface area contributed by atoms with Crippen molar-refractivity contribution in [2.45, 2.75) is 44.9 Å². The standard InChI is InChI=1S/C19H19F2N7O/c1-10-24-18-15(27(10)9-17(20)21)4-11(7-22-18)14-2-3-28-16(14)8-23-19(26-28)25-12-5-13(29)6-12/h2-4,7-8,12-13,17,29H,5-6,9H2,1H3,(H,25,26). The molecule has 10 heteroatoms. The van der Waals surface area contributed by atoms with E-state index in [4.69, 9.17) is 0 Å². The summed E-state index contributed by atoms with van der Waals surface area (Å²) in [6.07, 6.45) is 3.87. The molecule has 1 fully saturated rings. The number of nitrogens with one attached hydrogen (secondary N) is 1. The van der Waals surface area contributed by atoms with Crippen LogP contribution >= 0.6 is 0 Å². The van der Waals surface area contributed by atoms with Gasteiger partial charge in [-0.1, -0.05) is 0 Å². The largest absolute Gasteiger partial charge is 0.393 e. The van der Waals surface area contributed by atoms with E-state index in [9.17, 15) is 13.9 Å². The fraction of sp³-hybridized carbons (Fsp3) is 0.368. The van der Waals surface area contributed by atoms with Crippen LogP contribution in [0, 0.1) is 6.92 Å². The summed E-state index contributed by atoms with van der Waals surface area (Å²) in [5, 5.41) is 17.1. The van der Waals surface area contributed by atoms with Gasteiger partial charge in [0.15, 0.2) is 5.65 Å². The number of aliphatic hydroxyl groups excluding tert-OH is 1. The molecule has 0 aromatic carbocycles. The van der Waals surface area contributed by atoms with Gasteiger partial charge >= 0.3 is 0 Å². The summed E-state index contributed by atoms with van der Waals surface area (Å²) in [6.45, 7) is 1.28. The van der Waals surface area contributed by atoms with Gasteiger partial charge < -0.3 is 15.0 Å². The van der Waals surface area contributed by atoms with Gasteiger partial charge in [0.05, 0.1) is 29.9 Å². The number of aromatic nitrogens is 6. The van der Waals surface area contributed by atoms with Crippen LogP contribution in [-0.2, 0) is 6.54 Å². The normalized spacial score (nSPS) is 19.2. The van der Waals surface area contributed by atoms with E-state index in [1.807, 2.05) is 18.3 Å². The Bertz CT molecular complexity index is 1200. The average molecular weight is 399 g/mol. The summed E-state index contributed by atoms with van der Waals surface area (Å²) < 4.78 is 29.1. The highest BCUT2D eigenvalue weighted by molar-refractivity contribution is 5.85. The Morgan fingerprint density at radius 3 is 2.83 bits per heavy atom. The molecule has 1 aliphatic carbocycles. The molecule has 1 aliphatic rings. The van der Waals surface area contributed by atoms with E-state index in [2.05, 4.69) is 25.4 Å². The third kappa shape index (κ3) is 3.19. The maximum Gasteiger partial charge on any atom is 0.256 e. The first-order chi connectivity index (χ1) is 14.0. The number of imidazole rings is 1. The lowest BCUT2D eigenvalue weighted by Gasteiger charge is -2.31. The molecule has 4 aromatic rings. The molecule has 29 heavy (non-hydrogen) atoms. The number of fused-ring (bicyclic) bond motifs is 2. The fourth-order valence-corrected chi connectivity index (χ4v) is 3.73. The van der Waals surface area contributed by atoms with Crippen molar-refractivity contribution in [2.75, 3.05) is 5.32 Å². The number of halogens is 2. The molecule has 5 rings (SSSR count). The zero-order chi connectivity index (χ0) is 20.1. The van der Waals surface area contributed by atoms with E-state index < -0.39 is 13.0 Å². The Kier molecular flexibility index (Phi) is 4.16. The lowest BCUT2D eigenvalue weighted by atomic mass is 9.90. The van der Waals surface area contributed by atoms with Gasteiger partial charge in [0.25, 0.3) is 6.43 Å². The van der Waals surface area contributed by atoms with Crippen LogP contribution in [0.3, 0.4) is 0 Å². The highest BCUT2D eigenvalue weighted by Gasteiger charge is 2.27. The highest BCUT2D eigenvalue weighted by Crippen LogP contribution is 2.28. The van der Waals surface area contributed by atoms with E-state index >= 15 is 0 Å². The molecule has 0 spiro atoms. The summed E-state index contributed by atoms with van der Waals surface area (Å²) in [5.74, 6) is 1.00. The first kappa shape index (κ1) is 17.9. The molecule has 0 bridgehead atoms. The van der Waals surface area contributed by atoms with E-state index in [0.717, 1.165) is 16.6 Å². The molecule has 0 radical (unpaired) electrons. The minimum absolute atomic E-state index is 0.183. The molecule has 0 amide bonds. The van der Waals surface area contributed by atoms with Crippen molar-refractivity contribution in [2.24, 2.45) is 0 Å². The molecule has 4 heterocycles. The molecule has 0 atom stereocenters. The fourth-order valence-electron chi connectivity index (χ4n) is 3.73. The second-order valence-electron chi connectivity index (χ2n) is 7.33. The van der Waals surface area contributed by atoms with Gasteiger partial charge in [-0.05, 0) is 31.9 Å². The van der Waals surface area contributed by atoms with Crippen molar-refractivity contribution in [3.05, 3.63) is 36.5 Å². The van der Waals surface area contributed by atoms with E-state index in [1.165, 1.54) is 4.57 Å². The summed E-state index contributed by atoms with van der Waals surface area (Å²) in [4.78, 5) is 13.0. The maximum atomic E-state index is 13.0. The average Bonchev–Trinajstić information content (AvgIpc) is 3.21. The molecule has 0 aliphatic heterocycles. The number of hydrogen-bond donors (Lipinski definition) is 2. The zero-order valence-corrected chi connectivity index (χ0v) is 15.6. The lowest BCUT2D eigenvalue weighted by molar-refractivity contribution is 0.0833. The molecule has 4 aromatic heterocycles. The number of hydrogen-bond acceptors (Lipinski definition) is 6. The first-order valence-electron chi connectivity index (χ1n) is 9.38. The highest BCUT2D eigenvalue weighted by atomic mass is 19.3. The monoisotopic (exact) mass is 399 g/mol. The van der Waals surface area contributed by atoms with Crippen LogP contribution in [0.25, 0.3) is 27.8 Å². The Morgan fingerprint density at radius 2 is 2.07 bits per heavy atom. The Balaban J connectivity index is 1.50. The molecular formula is C19H19F2N7O. The summed E-state index contributed by atoms with van der Waals surface area (Å²) >= 11 is 0. The third-order valence-electron chi connectivity index (χ3n) is 5.29. The molecule has 0 unspecified atom stereocenters. The molecule has 2 N–H and O–H groups in total. The van der Waals surface area contributed by atoms with Crippen molar-refractivity contribution in [3.63, 3.8) is 0 Å². The van der Waals surface area contributed by atoms with E-state index in [1.54, 1.807) is 23.8 Å². The topological polar surface area (TPSA) is 93.2 Å². The van der Waals surface area contributed by atoms with Crippen molar-refractivity contribution >= 4 is 22.6 Å². The Hall–Kier alpha value is -3.14. The smallest absolute Gasteiger partial charge is 0.256 e. The van der Waals surface area contributed by atoms with Gasteiger partial charge in [0.1, 0.15) is 5.82 Å². The number of alkyl halides is 2. The minimum atomic E-state index is -2.47. The number of rotatable bonds is 5. The van der Waals surface area contributed by atoms with Gasteiger partial charge in [-0.15, -0.1) is 5.10 Å². The van der Waals surface area contributed by atoms with Crippen LogP contribution in [0.5, 0.6) is 0 Å². The molecule has 8 nitrogen and oxygen atoms in total.